The first kappa shape index (κ1) is 40.1. The summed E-state index contributed by atoms with van der Waals surface area (Å²) in [7, 11) is 3.93. The van der Waals surface area contributed by atoms with Crippen LogP contribution in [0.5, 0.6) is 0 Å². The molecule has 0 unspecified atom stereocenters. The van der Waals surface area contributed by atoms with E-state index in [0.29, 0.717) is 0 Å². The van der Waals surface area contributed by atoms with Gasteiger partial charge < -0.3 is 9.47 Å². The Morgan fingerprint density at radius 3 is 1.05 bits per heavy atom. The Hall–Kier alpha value is -1.92. The molecule has 0 aliphatic rings. The van der Waals surface area contributed by atoms with Crippen LogP contribution in [0.25, 0.3) is 0 Å². The molecule has 0 aromatic heterocycles. The number of hydrogen-bond donors (Lipinski definition) is 0. The molecule has 6 heteroatoms. The molecule has 1 aromatic carbocycles. The van der Waals surface area contributed by atoms with Crippen LogP contribution in [0.15, 0.2) is 24.3 Å². The van der Waals surface area contributed by atoms with Gasteiger partial charge in [0.1, 0.15) is 13.5 Å². The van der Waals surface area contributed by atoms with Crippen LogP contribution >= 0.6 is 0 Å². The fourth-order valence-corrected chi connectivity index (χ4v) is 5.55. The van der Waals surface area contributed by atoms with Gasteiger partial charge in [-0.05, 0) is 39.1 Å². The molecule has 0 saturated carbocycles. The normalized spacial score (nSPS) is 11.4. The number of rotatable bonds is 30. The zero-order chi connectivity index (χ0) is 32.1. The van der Waals surface area contributed by atoms with E-state index in [9.17, 15) is 9.59 Å². The lowest BCUT2D eigenvalue weighted by atomic mass is 10.1. The first-order valence-electron chi connectivity index (χ1n) is 18.3. The zero-order valence-electron chi connectivity index (χ0n) is 29.2. The highest BCUT2D eigenvalue weighted by Gasteiger charge is 2.20. The standard InChI is InChI=1S/C38H68N2O4/c1-5-7-9-11-13-15-17-19-21-23-27-31-39(3)33-43-37(41)35-29-25-26-30-36(35)38(42)44-34-40(4)32-28-24-22-20-18-16-14-12-10-8-6-2/h25-26,29-30H,5-24,27-28,31-34H2,1-4H3. The summed E-state index contributed by atoms with van der Waals surface area (Å²) in [6.45, 7) is 6.72. The van der Waals surface area contributed by atoms with Crippen molar-refractivity contribution in [2.75, 3.05) is 40.6 Å². The molecule has 0 aliphatic carbocycles. The van der Waals surface area contributed by atoms with E-state index >= 15 is 0 Å². The van der Waals surface area contributed by atoms with Crippen LogP contribution in [-0.4, -0.2) is 62.4 Å². The molecule has 0 N–H and O–H groups in total. The summed E-state index contributed by atoms with van der Waals surface area (Å²) in [5.74, 6) is -0.977. The molecule has 0 amide bonds. The highest BCUT2D eigenvalue weighted by atomic mass is 16.6. The number of carbonyl (C=O) groups excluding carboxylic acids is 2. The maximum Gasteiger partial charge on any atom is 0.340 e. The molecule has 0 atom stereocenters. The number of unbranched alkanes of at least 4 members (excludes halogenated alkanes) is 20. The van der Waals surface area contributed by atoms with Crippen molar-refractivity contribution in [3.63, 3.8) is 0 Å². The molecule has 0 heterocycles. The quantitative estimate of drug-likeness (QED) is 0.0487. The number of carbonyl (C=O) groups is 2. The summed E-state index contributed by atoms with van der Waals surface area (Å²) in [6, 6.07) is 6.77. The van der Waals surface area contributed by atoms with E-state index in [1.54, 1.807) is 24.3 Å². The number of esters is 2. The van der Waals surface area contributed by atoms with Gasteiger partial charge in [-0.2, -0.15) is 0 Å². The van der Waals surface area contributed by atoms with E-state index in [4.69, 9.17) is 9.47 Å². The molecule has 0 spiro atoms. The maximum absolute atomic E-state index is 12.8. The van der Waals surface area contributed by atoms with Crippen LogP contribution in [0.1, 0.15) is 176 Å². The van der Waals surface area contributed by atoms with Crippen LogP contribution in [-0.2, 0) is 9.47 Å². The van der Waals surface area contributed by atoms with E-state index in [1.165, 1.54) is 128 Å². The van der Waals surface area contributed by atoms with Gasteiger partial charge in [0.05, 0.1) is 11.1 Å². The summed E-state index contributed by atoms with van der Waals surface area (Å²) in [6.07, 6.45) is 28.9. The van der Waals surface area contributed by atoms with Gasteiger partial charge in [0.15, 0.2) is 0 Å². The van der Waals surface area contributed by atoms with Crippen molar-refractivity contribution >= 4 is 11.9 Å². The highest BCUT2D eigenvalue weighted by molar-refractivity contribution is 6.03. The minimum atomic E-state index is -0.488. The molecule has 0 fully saturated rings. The third kappa shape index (κ3) is 21.7. The first-order valence-corrected chi connectivity index (χ1v) is 18.3. The summed E-state index contributed by atoms with van der Waals surface area (Å²) < 4.78 is 11.1. The van der Waals surface area contributed by atoms with Crippen molar-refractivity contribution in [1.29, 1.82) is 0 Å². The van der Waals surface area contributed by atoms with E-state index in [1.807, 2.05) is 23.9 Å². The number of ether oxygens (including phenoxy) is 2. The van der Waals surface area contributed by atoms with Crippen LogP contribution in [0.4, 0.5) is 0 Å². The summed E-state index contributed by atoms with van der Waals surface area (Å²) >= 11 is 0. The molecule has 254 valence electrons. The Balaban J connectivity index is 2.19. The molecule has 1 rings (SSSR count). The molecular weight excluding hydrogens is 548 g/mol. The van der Waals surface area contributed by atoms with Crippen molar-refractivity contribution in [3.8, 4) is 0 Å². The summed E-state index contributed by atoms with van der Waals surface area (Å²) in [5, 5.41) is 0. The predicted molar refractivity (Wildman–Crippen MR) is 185 cm³/mol. The summed E-state index contributed by atoms with van der Waals surface area (Å²) in [4.78, 5) is 29.7. The van der Waals surface area contributed by atoms with Crippen molar-refractivity contribution in [2.45, 2.75) is 155 Å². The van der Waals surface area contributed by atoms with Gasteiger partial charge in [-0.25, -0.2) is 9.59 Å². The SMILES string of the molecule is CCCCCCCCCCCCCN(C)COC(=O)c1ccccc1C(=O)OCN(C)CCCCCCCCCCCCC. The molecule has 1 aromatic rings. The zero-order valence-corrected chi connectivity index (χ0v) is 29.2. The number of nitrogens with zero attached hydrogens (tertiary/aromatic N) is 2. The maximum atomic E-state index is 12.8. The van der Waals surface area contributed by atoms with Gasteiger partial charge in [0.2, 0.25) is 0 Å². The van der Waals surface area contributed by atoms with Crippen LogP contribution < -0.4 is 0 Å². The minimum Gasteiger partial charge on any atom is -0.446 e. The predicted octanol–water partition coefficient (Wildman–Crippen LogP) is 10.4. The lowest BCUT2D eigenvalue weighted by Gasteiger charge is -2.18. The molecule has 44 heavy (non-hydrogen) atoms. The Labute approximate surface area is 271 Å². The molecule has 0 saturated heterocycles. The van der Waals surface area contributed by atoms with E-state index in [2.05, 4.69) is 13.8 Å². The van der Waals surface area contributed by atoms with Crippen LogP contribution in [0, 0.1) is 0 Å². The van der Waals surface area contributed by atoms with E-state index < -0.39 is 11.9 Å². The highest BCUT2D eigenvalue weighted by Crippen LogP contribution is 2.15. The Bertz CT molecular complexity index is 764. The average molecular weight is 617 g/mol. The number of benzene rings is 1. The molecule has 6 nitrogen and oxygen atoms in total. The van der Waals surface area contributed by atoms with Crippen molar-refractivity contribution in [3.05, 3.63) is 35.4 Å². The van der Waals surface area contributed by atoms with E-state index in [-0.39, 0.29) is 24.6 Å². The van der Waals surface area contributed by atoms with Gasteiger partial charge in [0.25, 0.3) is 0 Å². The van der Waals surface area contributed by atoms with Gasteiger partial charge in [-0.15, -0.1) is 0 Å². The summed E-state index contributed by atoms with van der Waals surface area (Å²) in [5.41, 5.74) is 0.516. The van der Waals surface area contributed by atoms with Crippen LogP contribution in [0.3, 0.4) is 0 Å². The van der Waals surface area contributed by atoms with Crippen molar-refractivity contribution < 1.29 is 19.1 Å². The smallest absolute Gasteiger partial charge is 0.340 e. The van der Waals surface area contributed by atoms with Crippen LogP contribution in [0.2, 0.25) is 0 Å². The fraction of sp³-hybridized carbons (Fsp3) is 0.789. The van der Waals surface area contributed by atoms with Crippen molar-refractivity contribution in [2.24, 2.45) is 0 Å². The molecular formula is C38H68N2O4. The second-order valence-electron chi connectivity index (χ2n) is 12.9. The lowest BCUT2D eigenvalue weighted by Crippen LogP contribution is -2.27. The Kier molecular flexibility index (Phi) is 26.0. The lowest BCUT2D eigenvalue weighted by molar-refractivity contribution is 0.0226. The number of hydrogen-bond acceptors (Lipinski definition) is 6. The Morgan fingerprint density at radius 1 is 0.477 bits per heavy atom. The van der Waals surface area contributed by atoms with Gasteiger partial charge in [-0.3, -0.25) is 9.80 Å². The van der Waals surface area contributed by atoms with Gasteiger partial charge in [-0.1, -0.05) is 154 Å². The second kappa shape index (κ2) is 28.5. The monoisotopic (exact) mass is 617 g/mol. The second-order valence-corrected chi connectivity index (χ2v) is 12.9. The van der Waals surface area contributed by atoms with Crippen molar-refractivity contribution in [1.82, 2.24) is 9.80 Å². The van der Waals surface area contributed by atoms with E-state index in [0.717, 1.165) is 25.9 Å². The first-order chi connectivity index (χ1) is 21.5. The van der Waals surface area contributed by atoms with Gasteiger partial charge in [0, 0.05) is 13.1 Å². The molecule has 0 bridgehead atoms. The van der Waals surface area contributed by atoms with Gasteiger partial charge >= 0.3 is 11.9 Å². The molecule has 0 radical (unpaired) electrons. The topological polar surface area (TPSA) is 59.1 Å². The molecule has 0 aliphatic heterocycles. The minimum absolute atomic E-state index is 0.210. The average Bonchev–Trinajstić information content (AvgIpc) is 3.03. The fourth-order valence-electron chi connectivity index (χ4n) is 5.55. The third-order valence-electron chi connectivity index (χ3n) is 8.49. The third-order valence-corrected chi connectivity index (χ3v) is 8.49. The largest absolute Gasteiger partial charge is 0.446 e. The Morgan fingerprint density at radius 2 is 0.750 bits per heavy atom.